The second-order valence-electron chi connectivity index (χ2n) is 4.63. The highest BCUT2D eigenvalue weighted by molar-refractivity contribution is 5.92. The number of nitrogens with one attached hydrogen (secondary N) is 1. The van der Waals surface area contributed by atoms with E-state index in [1.807, 2.05) is 18.2 Å². The summed E-state index contributed by atoms with van der Waals surface area (Å²) in [6.45, 7) is 2.21. The van der Waals surface area contributed by atoms with Gasteiger partial charge in [-0.15, -0.1) is 0 Å². The van der Waals surface area contributed by atoms with Crippen molar-refractivity contribution < 1.29 is 9.21 Å². The fourth-order valence-electron chi connectivity index (χ4n) is 2.13. The zero-order chi connectivity index (χ0) is 13.9. The predicted molar refractivity (Wildman–Crippen MR) is 76.4 cm³/mol. The molecule has 0 unspecified atom stereocenters. The van der Waals surface area contributed by atoms with Crippen molar-refractivity contribution in [2.45, 2.75) is 13.5 Å². The zero-order valence-electron chi connectivity index (χ0n) is 11.1. The van der Waals surface area contributed by atoms with Gasteiger partial charge in [-0.1, -0.05) is 36.4 Å². The van der Waals surface area contributed by atoms with Crippen LogP contribution in [0, 0.1) is 6.92 Å². The molecule has 0 spiro atoms. The molecule has 0 radical (unpaired) electrons. The number of hydrogen-bond donors (Lipinski definition) is 1. The molecule has 0 saturated heterocycles. The van der Waals surface area contributed by atoms with Crippen LogP contribution in [0.5, 0.6) is 0 Å². The number of aryl methyl sites for hydroxylation is 1. The van der Waals surface area contributed by atoms with Gasteiger partial charge in [-0.05, 0) is 29.3 Å². The van der Waals surface area contributed by atoms with Gasteiger partial charge in [-0.25, -0.2) is 4.98 Å². The van der Waals surface area contributed by atoms with Gasteiger partial charge < -0.3 is 9.73 Å². The summed E-state index contributed by atoms with van der Waals surface area (Å²) < 4.78 is 5.06. The number of carbonyl (C=O) groups is 1. The van der Waals surface area contributed by atoms with Crippen LogP contribution < -0.4 is 5.32 Å². The van der Waals surface area contributed by atoms with Crippen molar-refractivity contribution in [2.24, 2.45) is 0 Å². The van der Waals surface area contributed by atoms with Gasteiger partial charge in [0.15, 0.2) is 6.39 Å². The molecule has 0 saturated carbocycles. The number of hydrogen-bond acceptors (Lipinski definition) is 3. The van der Waals surface area contributed by atoms with Crippen molar-refractivity contribution in [2.75, 3.05) is 0 Å². The summed E-state index contributed by atoms with van der Waals surface area (Å²) in [5, 5.41) is 5.18. The third-order valence-electron chi connectivity index (χ3n) is 3.22. The summed E-state index contributed by atoms with van der Waals surface area (Å²) >= 11 is 0. The molecular formula is C16H14N2O2. The average molecular weight is 266 g/mol. The molecule has 0 atom stereocenters. The molecule has 1 aromatic heterocycles. The van der Waals surface area contributed by atoms with E-state index in [1.54, 1.807) is 6.92 Å². The summed E-state index contributed by atoms with van der Waals surface area (Å²) in [6, 6.07) is 14.3. The summed E-state index contributed by atoms with van der Waals surface area (Å²) in [5.41, 5.74) is 1.65. The van der Waals surface area contributed by atoms with Gasteiger partial charge >= 0.3 is 0 Å². The lowest BCUT2D eigenvalue weighted by Crippen LogP contribution is -2.23. The molecule has 0 aliphatic carbocycles. The Kier molecular flexibility index (Phi) is 3.21. The van der Waals surface area contributed by atoms with E-state index in [2.05, 4.69) is 34.6 Å². The molecular weight excluding hydrogens is 252 g/mol. The number of oxazole rings is 1. The van der Waals surface area contributed by atoms with E-state index in [0.717, 1.165) is 10.9 Å². The molecule has 0 bridgehead atoms. The number of benzene rings is 2. The SMILES string of the molecule is Cc1ncoc1C(=O)NCc1ccc2ccccc2c1. The molecule has 1 heterocycles. The summed E-state index contributed by atoms with van der Waals surface area (Å²) in [5.74, 6) is 0.0268. The maximum atomic E-state index is 11.9. The smallest absolute Gasteiger partial charge is 0.289 e. The molecule has 4 heteroatoms. The maximum absolute atomic E-state index is 11.9. The summed E-state index contributed by atoms with van der Waals surface area (Å²) in [7, 11) is 0. The monoisotopic (exact) mass is 266 g/mol. The second kappa shape index (κ2) is 5.17. The lowest BCUT2D eigenvalue weighted by molar-refractivity contribution is 0.0922. The van der Waals surface area contributed by atoms with Crippen molar-refractivity contribution >= 4 is 16.7 Å². The first kappa shape index (κ1) is 12.4. The van der Waals surface area contributed by atoms with Crippen LogP contribution in [0.1, 0.15) is 21.8 Å². The number of nitrogens with zero attached hydrogens (tertiary/aromatic N) is 1. The standard InChI is InChI=1S/C16H14N2O2/c1-11-15(20-10-18-11)16(19)17-9-12-6-7-13-4-2-3-5-14(13)8-12/h2-8,10H,9H2,1H3,(H,17,19). The fourth-order valence-corrected chi connectivity index (χ4v) is 2.13. The van der Waals surface area contributed by atoms with Gasteiger partial charge in [0.05, 0.1) is 5.69 Å². The first-order chi connectivity index (χ1) is 9.74. The van der Waals surface area contributed by atoms with E-state index < -0.39 is 0 Å². The lowest BCUT2D eigenvalue weighted by atomic mass is 10.1. The van der Waals surface area contributed by atoms with Crippen LogP contribution in [-0.2, 0) is 6.54 Å². The Balaban J connectivity index is 1.74. The Bertz CT molecular complexity index is 762. The minimum Gasteiger partial charge on any atom is -0.438 e. The third-order valence-corrected chi connectivity index (χ3v) is 3.22. The van der Waals surface area contributed by atoms with Crippen LogP contribution >= 0.6 is 0 Å². The van der Waals surface area contributed by atoms with E-state index in [0.29, 0.717) is 12.2 Å². The van der Waals surface area contributed by atoms with Crippen LogP contribution in [-0.4, -0.2) is 10.9 Å². The maximum Gasteiger partial charge on any atom is 0.289 e. The van der Waals surface area contributed by atoms with E-state index in [4.69, 9.17) is 4.42 Å². The van der Waals surface area contributed by atoms with Crippen LogP contribution in [0.15, 0.2) is 53.3 Å². The first-order valence-electron chi connectivity index (χ1n) is 6.40. The van der Waals surface area contributed by atoms with Gasteiger partial charge in [0.2, 0.25) is 5.76 Å². The molecule has 0 aliphatic heterocycles. The fraction of sp³-hybridized carbons (Fsp3) is 0.125. The average Bonchev–Trinajstić information content (AvgIpc) is 2.91. The van der Waals surface area contributed by atoms with E-state index in [-0.39, 0.29) is 11.7 Å². The number of carbonyl (C=O) groups excluding carboxylic acids is 1. The molecule has 2 aromatic carbocycles. The molecule has 4 nitrogen and oxygen atoms in total. The van der Waals surface area contributed by atoms with Crippen molar-refractivity contribution in [3.63, 3.8) is 0 Å². The number of fused-ring (bicyclic) bond motifs is 1. The van der Waals surface area contributed by atoms with Gasteiger partial charge in [0.25, 0.3) is 5.91 Å². The molecule has 0 aliphatic rings. The first-order valence-corrected chi connectivity index (χ1v) is 6.40. The van der Waals surface area contributed by atoms with Crippen LogP contribution in [0.4, 0.5) is 0 Å². The molecule has 3 aromatic rings. The largest absolute Gasteiger partial charge is 0.438 e. The Labute approximate surface area is 116 Å². The van der Waals surface area contributed by atoms with Crippen molar-refractivity contribution in [3.05, 3.63) is 65.9 Å². The second-order valence-corrected chi connectivity index (χ2v) is 4.63. The Morgan fingerprint density at radius 3 is 2.75 bits per heavy atom. The Morgan fingerprint density at radius 1 is 1.20 bits per heavy atom. The third kappa shape index (κ3) is 2.40. The highest BCUT2D eigenvalue weighted by Gasteiger charge is 2.13. The normalized spacial score (nSPS) is 10.7. The minimum atomic E-state index is -0.242. The van der Waals surface area contributed by atoms with E-state index >= 15 is 0 Å². The van der Waals surface area contributed by atoms with Crippen LogP contribution in [0.25, 0.3) is 10.8 Å². The zero-order valence-corrected chi connectivity index (χ0v) is 11.1. The topological polar surface area (TPSA) is 55.1 Å². The van der Waals surface area contributed by atoms with E-state index in [9.17, 15) is 4.79 Å². The molecule has 0 fully saturated rings. The van der Waals surface area contributed by atoms with Gasteiger partial charge in [0.1, 0.15) is 0 Å². The van der Waals surface area contributed by atoms with Crippen molar-refractivity contribution in [3.8, 4) is 0 Å². The van der Waals surface area contributed by atoms with Crippen molar-refractivity contribution in [1.82, 2.24) is 10.3 Å². The van der Waals surface area contributed by atoms with Crippen molar-refractivity contribution in [1.29, 1.82) is 0 Å². The molecule has 1 amide bonds. The number of aromatic nitrogens is 1. The lowest BCUT2D eigenvalue weighted by Gasteiger charge is -2.05. The number of rotatable bonds is 3. The summed E-state index contributed by atoms with van der Waals surface area (Å²) in [4.78, 5) is 15.8. The molecule has 1 N–H and O–H groups in total. The van der Waals surface area contributed by atoms with Gasteiger partial charge in [-0.3, -0.25) is 4.79 Å². The van der Waals surface area contributed by atoms with Gasteiger partial charge in [-0.2, -0.15) is 0 Å². The van der Waals surface area contributed by atoms with Crippen LogP contribution in [0.3, 0.4) is 0 Å². The Hall–Kier alpha value is -2.62. The number of amides is 1. The predicted octanol–water partition coefficient (Wildman–Crippen LogP) is 3.07. The van der Waals surface area contributed by atoms with E-state index in [1.165, 1.54) is 11.8 Å². The summed E-state index contributed by atoms with van der Waals surface area (Å²) in [6.07, 6.45) is 1.28. The van der Waals surface area contributed by atoms with Crippen LogP contribution in [0.2, 0.25) is 0 Å². The molecule has 20 heavy (non-hydrogen) atoms. The molecule has 3 rings (SSSR count). The van der Waals surface area contributed by atoms with Gasteiger partial charge in [0, 0.05) is 6.54 Å². The quantitative estimate of drug-likeness (QED) is 0.792. The highest BCUT2D eigenvalue weighted by atomic mass is 16.3. The highest BCUT2D eigenvalue weighted by Crippen LogP contribution is 2.15. The Morgan fingerprint density at radius 2 is 2.00 bits per heavy atom. The minimum absolute atomic E-state index is 0.242. The molecule has 100 valence electrons.